The highest BCUT2D eigenvalue weighted by atomic mass is 16.4. The van der Waals surface area contributed by atoms with Crippen LogP contribution in [0.1, 0.15) is 92.4 Å². The van der Waals surface area contributed by atoms with Crippen molar-refractivity contribution in [2.75, 3.05) is 0 Å². The van der Waals surface area contributed by atoms with Crippen molar-refractivity contribution in [3.05, 3.63) is 0 Å². The van der Waals surface area contributed by atoms with Crippen molar-refractivity contribution in [1.82, 2.24) is 0 Å². The number of aliphatic carboxylic acids is 1. The van der Waals surface area contributed by atoms with E-state index in [1.165, 1.54) is 44.9 Å². The molecule has 1 N–H and O–H groups in total. The molecule has 2 nitrogen and oxygen atoms in total. The van der Waals surface area contributed by atoms with Crippen molar-refractivity contribution in [1.29, 1.82) is 0 Å². The van der Waals surface area contributed by atoms with Crippen LogP contribution in [0.5, 0.6) is 0 Å². The summed E-state index contributed by atoms with van der Waals surface area (Å²) in [6.07, 6.45) is 10.9. The van der Waals surface area contributed by atoms with E-state index in [0.717, 1.165) is 24.2 Å². The van der Waals surface area contributed by atoms with E-state index in [1.54, 1.807) is 0 Å². The molecule has 4 unspecified atom stereocenters. The minimum atomic E-state index is -0.655. The van der Waals surface area contributed by atoms with Gasteiger partial charge < -0.3 is 5.11 Å². The summed E-state index contributed by atoms with van der Waals surface area (Å²) in [6, 6.07) is 0. The van der Waals surface area contributed by atoms with Gasteiger partial charge in [-0.05, 0) is 53.8 Å². The number of hydrogen-bond donors (Lipinski definition) is 1. The third kappa shape index (κ3) is 3.94. The molecule has 2 aliphatic rings. The zero-order valence-corrected chi connectivity index (χ0v) is 16.0. The van der Waals surface area contributed by atoms with Crippen molar-refractivity contribution in [3.8, 4) is 0 Å². The fourth-order valence-electron chi connectivity index (χ4n) is 5.94. The maximum Gasteiger partial charge on any atom is 0.303 e. The zero-order valence-electron chi connectivity index (χ0n) is 16.0. The predicted octanol–water partition coefficient (Wildman–Crippen LogP) is 6.15. The van der Waals surface area contributed by atoms with E-state index in [2.05, 4.69) is 34.6 Å². The maximum atomic E-state index is 10.7. The second-order valence-electron chi connectivity index (χ2n) is 9.49. The summed E-state index contributed by atoms with van der Waals surface area (Å²) in [5.74, 6) is 2.38. The second-order valence-corrected chi connectivity index (χ2v) is 9.49. The summed E-state index contributed by atoms with van der Waals surface area (Å²) >= 11 is 0. The minimum Gasteiger partial charge on any atom is -0.481 e. The van der Waals surface area contributed by atoms with E-state index in [9.17, 15) is 4.79 Å². The molecule has 2 heteroatoms. The molecular weight excluding hydrogens is 284 g/mol. The molecule has 2 saturated carbocycles. The number of rotatable bonds is 9. The lowest BCUT2D eigenvalue weighted by Gasteiger charge is -2.41. The molecule has 2 rings (SSSR count). The Morgan fingerprint density at radius 1 is 1.17 bits per heavy atom. The first-order valence-corrected chi connectivity index (χ1v) is 9.92. The van der Waals surface area contributed by atoms with Crippen LogP contribution in [0, 0.1) is 34.5 Å². The third-order valence-electron chi connectivity index (χ3n) is 7.51. The van der Waals surface area contributed by atoms with Crippen molar-refractivity contribution >= 4 is 5.97 Å². The lowest BCUT2D eigenvalue weighted by atomic mass is 9.64. The van der Waals surface area contributed by atoms with Crippen LogP contribution >= 0.6 is 0 Å². The fourth-order valence-corrected chi connectivity index (χ4v) is 5.94. The molecule has 23 heavy (non-hydrogen) atoms. The van der Waals surface area contributed by atoms with Crippen LogP contribution in [0.25, 0.3) is 0 Å². The first-order valence-electron chi connectivity index (χ1n) is 9.92. The first kappa shape index (κ1) is 18.8. The number of hydrogen-bond acceptors (Lipinski definition) is 1. The Labute approximate surface area is 143 Å². The van der Waals surface area contributed by atoms with Gasteiger partial charge in [-0.15, -0.1) is 0 Å². The number of carboxylic acids is 1. The Balaban J connectivity index is 1.72. The monoisotopic (exact) mass is 322 g/mol. The lowest BCUT2D eigenvalue weighted by Crippen LogP contribution is -2.32. The average Bonchev–Trinajstić information content (AvgIpc) is 3.02. The molecule has 0 aromatic carbocycles. The molecule has 0 aromatic heterocycles. The van der Waals surface area contributed by atoms with Gasteiger partial charge in [-0.3, -0.25) is 4.79 Å². The minimum absolute atomic E-state index is 0.323. The smallest absolute Gasteiger partial charge is 0.303 e. The number of fused-ring (bicyclic) bond motifs is 1. The van der Waals surface area contributed by atoms with Gasteiger partial charge in [-0.25, -0.2) is 0 Å². The van der Waals surface area contributed by atoms with Gasteiger partial charge in [-0.2, -0.15) is 0 Å². The summed E-state index contributed by atoms with van der Waals surface area (Å²) in [6.45, 7) is 12.0. The van der Waals surface area contributed by atoms with Gasteiger partial charge in [0.05, 0.1) is 0 Å². The molecule has 2 aliphatic carbocycles. The molecular formula is C21H38O2. The maximum absolute atomic E-state index is 10.7. The van der Waals surface area contributed by atoms with E-state index in [4.69, 9.17) is 5.11 Å². The van der Waals surface area contributed by atoms with Crippen LogP contribution in [0.4, 0.5) is 0 Å². The van der Waals surface area contributed by atoms with Crippen LogP contribution in [-0.4, -0.2) is 11.1 Å². The number of carbonyl (C=O) groups is 1. The standard InChI is InChI=1S/C21H38O2/c1-15(8-6-9-16(2)14-19(22)23)11-13-21-17(3)18(21)10-7-12-20(21,4)5/h15-18H,6-14H2,1-5H3,(H,22,23)/t15?,16?,17?,18-,21?/m0/s1. The SMILES string of the molecule is CC(CCCC(C)CC(=O)O)CCC12C(C)[C@@H]1CCCC2(C)C. The molecule has 0 radical (unpaired) electrons. The van der Waals surface area contributed by atoms with Gasteiger partial charge in [0, 0.05) is 6.42 Å². The molecule has 134 valence electrons. The fraction of sp³-hybridized carbons (Fsp3) is 0.952. The quantitative estimate of drug-likeness (QED) is 0.553. The molecule has 0 bridgehead atoms. The van der Waals surface area contributed by atoms with E-state index in [0.29, 0.717) is 23.2 Å². The van der Waals surface area contributed by atoms with Crippen LogP contribution in [0.3, 0.4) is 0 Å². The largest absolute Gasteiger partial charge is 0.481 e. The molecule has 0 spiro atoms. The van der Waals surface area contributed by atoms with Crippen molar-refractivity contribution in [2.45, 2.75) is 92.4 Å². The Morgan fingerprint density at radius 3 is 2.43 bits per heavy atom. The zero-order chi connectivity index (χ0) is 17.3. The highest BCUT2D eigenvalue weighted by Gasteiger charge is 2.68. The Morgan fingerprint density at radius 2 is 1.83 bits per heavy atom. The lowest BCUT2D eigenvalue weighted by molar-refractivity contribution is -0.138. The molecule has 0 saturated heterocycles. The Hall–Kier alpha value is -0.530. The predicted molar refractivity (Wildman–Crippen MR) is 96.4 cm³/mol. The van der Waals surface area contributed by atoms with Crippen LogP contribution in [0.15, 0.2) is 0 Å². The van der Waals surface area contributed by atoms with Gasteiger partial charge in [0.15, 0.2) is 0 Å². The van der Waals surface area contributed by atoms with E-state index >= 15 is 0 Å². The summed E-state index contributed by atoms with van der Waals surface area (Å²) in [5.41, 5.74) is 1.17. The normalized spacial score (nSPS) is 34.5. The van der Waals surface area contributed by atoms with Crippen LogP contribution in [-0.2, 0) is 4.79 Å². The average molecular weight is 323 g/mol. The van der Waals surface area contributed by atoms with Gasteiger partial charge in [-0.1, -0.05) is 66.7 Å². The van der Waals surface area contributed by atoms with Crippen molar-refractivity contribution in [3.63, 3.8) is 0 Å². The van der Waals surface area contributed by atoms with Crippen LogP contribution < -0.4 is 0 Å². The van der Waals surface area contributed by atoms with E-state index in [1.807, 2.05) is 0 Å². The summed E-state index contributed by atoms with van der Waals surface area (Å²) in [7, 11) is 0. The highest BCUT2D eigenvalue weighted by molar-refractivity contribution is 5.66. The molecule has 0 aliphatic heterocycles. The highest BCUT2D eigenvalue weighted by Crippen LogP contribution is 2.75. The van der Waals surface area contributed by atoms with Gasteiger partial charge in [0.2, 0.25) is 0 Å². The molecule has 2 fully saturated rings. The summed E-state index contributed by atoms with van der Waals surface area (Å²) in [4.78, 5) is 10.7. The third-order valence-corrected chi connectivity index (χ3v) is 7.51. The van der Waals surface area contributed by atoms with Crippen molar-refractivity contribution < 1.29 is 9.90 Å². The van der Waals surface area contributed by atoms with Gasteiger partial charge in [0.25, 0.3) is 0 Å². The molecule has 5 atom stereocenters. The topological polar surface area (TPSA) is 37.3 Å². The molecule has 0 aromatic rings. The Kier molecular flexibility index (Phi) is 5.85. The van der Waals surface area contributed by atoms with Gasteiger partial charge >= 0.3 is 5.97 Å². The second kappa shape index (κ2) is 7.15. The summed E-state index contributed by atoms with van der Waals surface area (Å²) < 4.78 is 0. The summed E-state index contributed by atoms with van der Waals surface area (Å²) in [5, 5.41) is 8.83. The van der Waals surface area contributed by atoms with Gasteiger partial charge in [0.1, 0.15) is 0 Å². The first-order chi connectivity index (χ1) is 10.7. The van der Waals surface area contributed by atoms with Crippen LogP contribution in [0.2, 0.25) is 0 Å². The van der Waals surface area contributed by atoms with E-state index < -0.39 is 5.97 Å². The Bertz CT molecular complexity index is 414. The number of carboxylic acid groups (broad SMARTS) is 1. The molecule has 0 amide bonds. The van der Waals surface area contributed by atoms with E-state index in [-0.39, 0.29) is 0 Å². The molecule has 0 heterocycles. The van der Waals surface area contributed by atoms with Crippen molar-refractivity contribution in [2.24, 2.45) is 34.5 Å².